The summed E-state index contributed by atoms with van der Waals surface area (Å²) in [5.74, 6) is 0.284. The maximum Gasteiger partial charge on any atom is 0.177 e. The summed E-state index contributed by atoms with van der Waals surface area (Å²) in [4.78, 5) is 19.6. The van der Waals surface area contributed by atoms with Crippen molar-refractivity contribution < 1.29 is 4.79 Å². The number of likely N-dealkylation sites (N-methyl/N-ethyl adjacent to an activating group) is 1. The van der Waals surface area contributed by atoms with Gasteiger partial charge in [-0.05, 0) is 39.4 Å². The first kappa shape index (κ1) is 15.7. The van der Waals surface area contributed by atoms with Crippen molar-refractivity contribution in [2.24, 2.45) is 0 Å². The van der Waals surface area contributed by atoms with Gasteiger partial charge in [0.2, 0.25) is 0 Å². The lowest BCUT2D eigenvalue weighted by Crippen LogP contribution is -2.38. The van der Waals surface area contributed by atoms with Crippen molar-refractivity contribution >= 4 is 17.1 Å². The second-order valence-corrected chi connectivity index (χ2v) is 7.11. The van der Waals surface area contributed by atoms with Crippen LogP contribution in [0.15, 0.2) is 6.07 Å². The second-order valence-electron chi connectivity index (χ2n) is 5.65. The Labute approximate surface area is 126 Å². The number of thiophene rings is 1. The Morgan fingerprint density at radius 3 is 2.65 bits per heavy atom. The van der Waals surface area contributed by atoms with Crippen LogP contribution >= 0.6 is 11.3 Å². The monoisotopic (exact) mass is 294 g/mol. The summed E-state index contributed by atoms with van der Waals surface area (Å²) in [5.41, 5.74) is 0.929. The number of rotatable bonds is 6. The van der Waals surface area contributed by atoms with E-state index in [1.165, 1.54) is 11.3 Å². The smallest absolute Gasteiger partial charge is 0.177 e. The zero-order chi connectivity index (χ0) is 14.7. The molecule has 0 bridgehead atoms. The highest BCUT2D eigenvalue weighted by molar-refractivity contribution is 7.12. The number of likely N-dealkylation sites (tertiary alicyclic amines) is 1. The summed E-state index contributed by atoms with van der Waals surface area (Å²) in [6.45, 7) is 13.4. The van der Waals surface area contributed by atoms with Gasteiger partial charge in [0.25, 0.3) is 0 Å². The first-order valence-corrected chi connectivity index (χ1v) is 8.43. The largest absolute Gasteiger partial charge is 0.300 e. The van der Waals surface area contributed by atoms with Crippen molar-refractivity contribution in [2.45, 2.75) is 40.2 Å². The van der Waals surface area contributed by atoms with E-state index in [9.17, 15) is 4.79 Å². The van der Waals surface area contributed by atoms with Gasteiger partial charge in [0.15, 0.2) is 5.78 Å². The fourth-order valence-electron chi connectivity index (χ4n) is 3.19. The summed E-state index contributed by atoms with van der Waals surface area (Å²) >= 11 is 1.72. The summed E-state index contributed by atoms with van der Waals surface area (Å²) in [6, 6.07) is 2.67. The molecule has 0 radical (unpaired) electrons. The van der Waals surface area contributed by atoms with Crippen molar-refractivity contribution in [1.82, 2.24) is 9.80 Å². The Morgan fingerprint density at radius 2 is 2.10 bits per heavy atom. The number of aryl methyl sites for hydroxylation is 2. The fourth-order valence-corrected chi connectivity index (χ4v) is 4.13. The Hall–Kier alpha value is -0.710. The highest BCUT2D eigenvalue weighted by Gasteiger charge is 2.27. The van der Waals surface area contributed by atoms with E-state index in [1.807, 2.05) is 13.0 Å². The summed E-state index contributed by atoms with van der Waals surface area (Å²) in [5, 5.41) is 0. The highest BCUT2D eigenvalue weighted by Crippen LogP contribution is 2.22. The molecule has 1 aromatic rings. The van der Waals surface area contributed by atoms with E-state index >= 15 is 0 Å². The lowest BCUT2D eigenvalue weighted by Gasteiger charge is -2.26. The molecule has 112 valence electrons. The molecule has 1 aromatic heterocycles. The van der Waals surface area contributed by atoms with E-state index in [0.717, 1.165) is 36.6 Å². The molecule has 0 saturated carbocycles. The van der Waals surface area contributed by atoms with Gasteiger partial charge in [-0.2, -0.15) is 0 Å². The average molecular weight is 294 g/mol. The maximum absolute atomic E-state index is 12.4. The van der Waals surface area contributed by atoms with Gasteiger partial charge in [0.05, 0.1) is 6.54 Å². The molecule has 1 aliphatic rings. The Balaban J connectivity index is 1.92. The van der Waals surface area contributed by atoms with Gasteiger partial charge in [0.1, 0.15) is 0 Å². The van der Waals surface area contributed by atoms with Crippen molar-refractivity contribution in [3.05, 3.63) is 21.4 Å². The number of nitrogens with zero attached hydrogens (tertiary/aromatic N) is 2. The van der Waals surface area contributed by atoms with Gasteiger partial charge in [0, 0.05) is 34.4 Å². The minimum atomic E-state index is 0.284. The summed E-state index contributed by atoms with van der Waals surface area (Å²) in [6.07, 6.45) is 1.19. The van der Waals surface area contributed by atoms with Crippen LogP contribution in [-0.2, 0) is 0 Å². The molecular formula is C16H26N2OS. The SMILES string of the molecule is CCN(CC)C1CCN(CC(=O)c2cc(C)sc2C)C1. The molecule has 2 rings (SSSR count). The molecule has 1 unspecified atom stereocenters. The van der Waals surface area contributed by atoms with Gasteiger partial charge in [-0.15, -0.1) is 11.3 Å². The van der Waals surface area contributed by atoms with Crippen molar-refractivity contribution in [2.75, 3.05) is 32.7 Å². The third-order valence-corrected chi connectivity index (χ3v) is 5.25. The van der Waals surface area contributed by atoms with E-state index in [1.54, 1.807) is 11.3 Å². The number of hydrogen-bond donors (Lipinski definition) is 0. The topological polar surface area (TPSA) is 23.6 Å². The lowest BCUT2D eigenvalue weighted by molar-refractivity contribution is 0.0939. The first-order chi connectivity index (χ1) is 9.55. The molecule has 0 aliphatic carbocycles. The molecule has 1 fully saturated rings. The molecule has 3 nitrogen and oxygen atoms in total. The molecule has 0 spiro atoms. The molecule has 2 heterocycles. The predicted octanol–water partition coefficient (Wildman–Crippen LogP) is 2.96. The standard InChI is InChI=1S/C16H26N2OS/c1-5-18(6-2)14-7-8-17(10-14)11-16(19)15-9-12(3)20-13(15)4/h9,14H,5-8,10-11H2,1-4H3. The van der Waals surface area contributed by atoms with Crippen LogP contribution < -0.4 is 0 Å². The van der Waals surface area contributed by atoms with E-state index in [4.69, 9.17) is 0 Å². The van der Waals surface area contributed by atoms with Crippen LogP contribution in [-0.4, -0.2) is 54.3 Å². The number of hydrogen-bond acceptors (Lipinski definition) is 4. The van der Waals surface area contributed by atoms with Crippen LogP contribution in [0.3, 0.4) is 0 Å². The number of carbonyl (C=O) groups is 1. The van der Waals surface area contributed by atoms with E-state index < -0.39 is 0 Å². The Kier molecular flexibility index (Phi) is 5.35. The van der Waals surface area contributed by atoms with Gasteiger partial charge >= 0.3 is 0 Å². The number of carbonyl (C=O) groups excluding carboxylic acids is 1. The van der Waals surface area contributed by atoms with Crippen LogP contribution in [0, 0.1) is 13.8 Å². The van der Waals surface area contributed by atoms with Crippen LogP contribution in [0.4, 0.5) is 0 Å². The summed E-state index contributed by atoms with van der Waals surface area (Å²) in [7, 11) is 0. The van der Waals surface area contributed by atoms with Crippen LogP contribution in [0.2, 0.25) is 0 Å². The molecule has 4 heteroatoms. The average Bonchev–Trinajstić information content (AvgIpc) is 2.98. The second kappa shape index (κ2) is 6.83. The fraction of sp³-hybridized carbons (Fsp3) is 0.688. The highest BCUT2D eigenvalue weighted by atomic mass is 32.1. The van der Waals surface area contributed by atoms with Crippen LogP contribution in [0.25, 0.3) is 0 Å². The first-order valence-electron chi connectivity index (χ1n) is 7.61. The van der Waals surface area contributed by atoms with Gasteiger partial charge in [-0.3, -0.25) is 14.6 Å². The van der Waals surface area contributed by atoms with Crippen molar-refractivity contribution in [3.8, 4) is 0 Å². The third-order valence-electron chi connectivity index (χ3n) is 4.28. The molecule has 1 saturated heterocycles. The zero-order valence-electron chi connectivity index (χ0n) is 13.1. The lowest BCUT2D eigenvalue weighted by atomic mass is 10.1. The molecule has 1 atom stereocenters. The minimum Gasteiger partial charge on any atom is -0.300 e. The Bertz CT molecular complexity index is 465. The molecule has 20 heavy (non-hydrogen) atoms. The summed E-state index contributed by atoms with van der Waals surface area (Å²) < 4.78 is 0. The zero-order valence-corrected chi connectivity index (χ0v) is 13.9. The van der Waals surface area contributed by atoms with Crippen molar-refractivity contribution in [3.63, 3.8) is 0 Å². The van der Waals surface area contributed by atoms with E-state index in [-0.39, 0.29) is 5.78 Å². The van der Waals surface area contributed by atoms with Gasteiger partial charge < -0.3 is 0 Å². The molecule has 0 N–H and O–H groups in total. The molecular weight excluding hydrogens is 268 g/mol. The van der Waals surface area contributed by atoms with Crippen LogP contribution in [0.1, 0.15) is 40.4 Å². The molecule has 0 amide bonds. The van der Waals surface area contributed by atoms with E-state index in [2.05, 4.69) is 30.6 Å². The maximum atomic E-state index is 12.4. The number of Topliss-reactive ketones (excluding diaryl/α,β-unsaturated/α-hetero) is 1. The van der Waals surface area contributed by atoms with Gasteiger partial charge in [-0.1, -0.05) is 13.8 Å². The Morgan fingerprint density at radius 1 is 1.40 bits per heavy atom. The minimum absolute atomic E-state index is 0.284. The molecule has 1 aliphatic heterocycles. The van der Waals surface area contributed by atoms with Gasteiger partial charge in [-0.25, -0.2) is 0 Å². The van der Waals surface area contributed by atoms with Crippen LogP contribution in [0.5, 0.6) is 0 Å². The normalized spacial score (nSPS) is 19.9. The predicted molar refractivity (Wildman–Crippen MR) is 85.9 cm³/mol. The third kappa shape index (κ3) is 3.48. The van der Waals surface area contributed by atoms with E-state index in [0.29, 0.717) is 12.6 Å². The van der Waals surface area contributed by atoms with Crippen molar-refractivity contribution in [1.29, 1.82) is 0 Å². The number of ketones is 1. The molecule has 0 aromatic carbocycles. The quantitative estimate of drug-likeness (QED) is 0.754.